The number of nitrogens with zero attached hydrogens (tertiary/aromatic N) is 3. The van der Waals surface area contributed by atoms with Gasteiger partial charge in [-0.3, -0.25) is 0 Å². The smallest absolute Gasteiger partial charge is 0.333 e. The van der Waals surface area contributed by atoms with Crippen LogP contribution in [0.2, 0.25) is 0 Å². The summed E-state index contributed by atoms with van der Waals surface area (Å²) in [5.41, 5.74) is 6.28. The van der Waals surface area contributed by atoms with Crippen LogP contribution in [-0.2, 0) is 15.1 Å². The Kier molecular flexibility index (Phi) is 3.74. The van der Waals surface area contributed by atoms with Crippen LogP contribution in [0.1, 0.15) is 20.8 Å². The lowest BCUT2D eigenvalue weighted by atomic mass is 10.1. The van der Waals surface area contributed by atoms with Crippen LogP contribution in [0.25, 0.3) is 11.4 Å². The monoisotopic (exact) mass is 274 g/mol. The molecule has 0 amide bonds. The molecule has 2 N–H and O–H groups in total. The van der Waals surface area contributed by atoms with Gasteiger partial charge in [-0.05, 0) is 45.0 Å². The molecular formula is C14H18N4O2. The van der Waals surface area contributed by atoms with Crippen LogP contribution in [0.15, 0.2) is 30.6 Å². The standard InChI is InChI=1S/C14H18N4O2/c1-4-20-13(19)14(2,3)18-9-16-12(17-18)10-5-7-11(15)8-6-10/h5-9H,4,15H2,1-3H3. The maximum atomic E-state index is 11.9. The molecule has 0 saturated carbocycles. The predicted octanol–water partition coefficient (Wildman–Crippen LogP) is 1.83. The molecule has 106 valence electrons. The van der Waals surface area contributed by atoms with Crippen LogP contribution in [0.5, 0.6) is 0 Å². The Balaban J connectivity index is 2.28. The highest BCUT2D eigenvalue weighted by atomic mass is 16.5. The zero-order valence-electron chi connectivity index (χ0n) is 11.8. The number of hydrogen-bond acceptors (Lipinski definition) is 5. The summed E-state index contributed by atoms with van der Waals surface area (Å²) in [5, 5.41) is 4.35. The summed E-state index contributed by atoms with van der Waals surface area (Å²) < 4.78 is 6.56. The molecule has 0 atom stereocenters. The highest BCUT2D eigenvalue weighted by Gasteiger charge is 2.32. The summed E-state index contributed by atoms with van der Waals surface area (Å²) in [6, 6.07) is 7.25. The average Bonchev–Trinajstić information content (AvgIpc) is 2.90. The van der Waals surface area contributed by atoms with Gasteiger partial charge in [0, 0.05) is 11.3 Å². The summed E-state index contributed by atoms with van der Waals surface area (Å²) in [6.07, 6.45) is 1.53. The molecule has 0 spiro atoms. The molecule has 0 bridgehead atoms. The Bertz CT molecular complexity index is 602. The van der Waals surface area contributed by atoms with E-state index >= 15 is 0 Å². The molecule has 2 rings (SSSR count). The predicted molar refractivity (Wildman–Crippen MR) is 75.8 cm³/mol. The van der Waals surface area contributed by atoms with Crippen molar-refractivity contribution in [2.24, 2.45) is 0 Å². The number of ether oxygens (including phenoxy) is 1. The zero-order valence-corrected chi connectivity index (χ0v) is 11.8. The van der Waals surface area contributed by atoms with Crippen LogP contribution in [0, 0.1) is 0 Å². The normalized spacial score (nSPS) is 11.3. The third-order valence-corrected chi connectivity index (χ3v) is 3.01. The lowest BCUT2D eigenvalue weighted by Crippen LogP contribution is -2.37. The van der Waals surface area contributed by atoms with Gasteiger partial charge >= 0.3 is 5.97 Å². The van der Waals surface area contributed by atoms with Crippen molar-refractivity contribution in [1.29, 1.82) is 0 Å². The van der Waals surface area contributed by atoms with Crippen LogP contribution in [0.3, 0.4) is 0 Å². The van der Waals surface area contributed by atoms with E-state index < -0.39 is 5.54 Å². The van der Waals surface area contributed by atoms with Gasteiger partial charge in [-0.1, -0.05) is 0 Å². The highest BCUT2D eigenvalue weighted by Crippen LogP contribution is 2.20. The summed E-state index contributed by atoms with van der Waals surface area (Å²) in [5.74, 6) is 0.205. The second-order valence-corrected chi connectivity index (χ2v) is 4.91. The minimum absolute atomic E-state index is 0.335. The SMILES string of the molecule is CCOC(=O)C(C)(C)n1cnc(-c2ccc(N)cc2)n1. The molecule has 0 fully saturated rings. The van der Waals surface area contributed by atoms with E-state index in [1.807, 2.05) is 12.1 Å². The molecule has 0 aliphatic carbocycles. The van der Waals surface area contributed by atoms with Crippen molar-refractivity contribution in [3.8, 4) is 11.4 Å². The number of anilines is 1. The molecule has 2 aromatic rings. The molecule has 1 aromatic carbocycles. The second-order valence-electron chi connectivity index (χ2n) is 4.91. The number of benzene rings is 1. The van der Waals surface area contributed by atoms with Crippen LogP contribution >= 0.6 is 0 Å². The molecule has 0 aliphatic rings. The zero-order chi connectivity index (χ0) is 14.8. The Morgan fingerprint density at radius 2 is 2.00 bits per heavy atom. The largest absolute Gasteiger partial charge is 0.464 e. The molecule has 1 aromatic heterocycles. The number of carbonyl (C=O) groups is 1. The van der Waals surface area contributed by atoms with Gasteiger partial charge in [0.05, 0.1) is 6.61 Å². The Labute approximate surface area is 117 Å². The van der Waals surface area contributed by atoms with Gasteiger partial charge in [-0.15, -0.1) is 5.10 Å². The molecule has 6 nitrogen and oxygen atoms in total. The molecule has 0 saturated heterocycles. The third kappa shape index (κ3) is 2.64. The van der Waals surface area contributed by atoms with Crippen molar-refractivity contribution in [3.63, 3.8) is 0 Å². The van der Waals surface area contributed by atoms with Gasteiger partial charge in [0.25, 0.3) is 0 Å². The summed E-state index contributed by atoms with van der Waals surface area (Å²) in [4.78, 5) is 16.2. The van der Waals surface area contributed by atoms with Crippen molar-refractivity contribution < 1.29 is 9.53 Å². The summed E-state index contributed by atoms with van der Waals surface area (Å²) in [7, 11) is 0. The van der Waals surface area contributed by atoms with Crippen molar-refractivity contribution >= 4 is 11.7 Å². The summed E-state index contributed by atoms with van der Waals surface area (Å²) in [6.45, 7) is 5.59. The van der Waals surface area contributed by atoms with Gasteiger partial charge in [0.1, 0.15) is 6.33 Å². The van der Waals surface area contributed by atoms with Crippen LogP contribution in [-0.4, -0.2) is 27.3 Å². The molecule has 0 radical (unpaired) electrons. The first-order valence-corrected chi connectivity index (χ1v) is 6.40. The van der Waals surface area contributed by atoms with E-state index in [2.05, 4.69) is 10.1 Å². The second kappa shape index (κ2) is 5.32. The van der Waals surface area contributed by atoms with E-state index in [-0.39, 0.29) is 5.97 Å². The average molecular weight is 274 g/mol. The first-order chi connectivity index (χ1) is 9.45. The van der Waals surface area contributed by atoms with E-state index in [9.17, 15) is 4.79 Å². The van der Waals surface area contributed by atoms with E-state index in [1.165, 1.54) is 11.0 Å². The molecule has 0 unspecified atom stereocenters. The van der Waals surface area contributed by atoms with Gasteiger partial charge in [-0.2, -0.15) is 0 Å². The van der Waals surface area contributed by atoms with Gasteiger partial charge in [-0.25, -0.2) is 14.5 Å². The number of nitrogens with two attached hydrogens (primary N) is 1. The van der Waals surface area contributed by atoms with Crippen molar-refractivity contribution in [2.45, 2.75) is 26.3 Å². The fourth-order valence-electron chi connectivity index (χ4n) is 1.70. The maximum Gasteiger partial charge on any atom is 0.333 e. The topological polar surface area (TPSA) is 83.0 Å². The first kappa shape index (κ1) is 14.0. The molecule has 6 heteroatoms. The Hall–Kier alpha value is -2.37. The van der Waals surface area contributed by atoms with Gasteiger partial charge < -0.3 is 10.5 Å². The first-order valence-electron chi connectivity index (χ1n) is 6.40. The Morgan fingerprint density at radius 1 is 1.35 bits per heavy atom. The van der Waals surface area contributed by atoms with Gasteiger partial charge in [0.2, 0.25) is 0 Å². The van der Waals surface area contributed by atoms with Crippen LogP contribution < -0.4 is 5.73 Å². The molecular weight excluding hydrogens is 256 g/mol. The van der Waals surface area contributed by atoms with E-state index in [0.29, 0.717) is 18.1 Å². The summed E-state index contributed by atoms with van der Waals surface area (Å²) >= 11 is 0. The number of rotatable bonds is 4. The number of carbonyl (C=O) groups excluding carboxylic acids is 1. The van der Waals surface area contributed by atoms with Crippen molar-refractivity contribution in [2.75, 3.05) is 12.3 Å². The Morgan fingerprint density at radius 3 is 2.60 bits per heavy atom. The lowest BCUT2D eigenvalue weighted by molar-refractivity contribution is -0.152. The fraction of sp³-hybridized carbons (Fsp3) is 0.357. The van der Waals surface area contributed by atoms with E-state index in [1.54, 1.807) is 32.9 Å². The van der Waals surface area contributed by atoms with E-state index in [4.69, 9.17) is 10.5 Å². The number of aromatic nitrogens is 3. The third-order valence-electron chi connectivity index (χ3n) is 3.01. The van der Waals surface area contributed by atoms with E-state index in [0.717, 1.165) is 5.56 Å². The maximum absolute atomic E-state index is 11.9. The minimum Gasteiger partial charge on any atom is -0.464 e. The van der Waals surface area contributed by atoms with Crippen molar-refractivity contribution in [3.05, 3.63) is 30.6 Å². The fourth-order valence-corrected chi connectivity index (χ4v) is 1.70. The number of esters is 1. The molecule has 1 heterocycles. The van der Waals surface area contributed by atoms with Crippen LogP contribution in [0.4, 0.5) is 5.69 Å². The van der Waals surface area contributed by atoms with Crippen molar-refractivity contribution in [1.82, 2.24) is 14.8 Å². The lowest BCUT2D eigenvalue weighted by Gasteiger charge is -2.21. The minimum atomic E-state index is -0.894. The number of nitrogen functional groups attached to an aromatic ring is 1. The quantitative estimate of drug-likeness (QED) is 0.679. The molecule has 20 heavy (non-hydrogen) atoms. The van der Waals surface area contributed by atoms with Gasteiger partial charge in [0.15, 0.2) is 11.4 Å². The highest BCUT2D eigenvalue weighted by molar-refractivity contribution is 5.77. The molecule has 0 aliphatic heterocycles. The number of hydrogen-bond donors (Lipinski definition) is 1.